The number of aliphatic hydroxyl groups is 1. The smallest absolute Gasteiger partial charge is 0.420 e. The van der Waals surface area contributed by atoms with Gasteiger partial charge in [0, 0.05) is 6.54 Å². The Labute approximate surface area is 197 Å². The first-order chi connectivity index (χ1) is 15.9. The Morgan fingerprint density at radius 2 is 1.88 bits per heavy atom. The molecule has 0 unspecified atom stereocenters. The summed E-state index contributed by atoms with van der Waals surface area (Å²) in [7, 11) is 1.34. The Balaban J connectivity index is 1.90. The summed E-state index contributed by atoms with van der Waals surface area (Å²) in [6.07, 6.45) is -3.07. The molecule has 11 heteroatoms. The minimum absolute atomic E-state index is 0.0315. The Kier molecular flexibility index (Phi) is 7.24. The Bertz CT molecular complexity index is 1210. The van der Waals surface area contributed by atoms with Crippen molar-refractivity contribution in [2.24, 2.45) is 4.99 Å². The summed E-state index contributed by atoms with van der Waals surface area (Å²) in [6.45, 7) is 3.38. The van der Waals surface area contributed by atoms with Crippen LogP contribution in [0.15, 0.2) is 46.3 Å². The van der Waals surface area contributed by atoms with Gasteiger partial charge >= 0.3 is 11.4 Å². The Morgan fingerprint density at radius 3 is 2.50 bits per heavy atom. The van der Waals surface area contributed by atoms with Crippen LogP contribution in [-0.2, 0) is 6.18 Å². The fraction of sp³-hybridized carbons (Fsp3) is 0.261. The molecule has 1 aliphatic rings. The van der Waals surface area contributed by atoms with E-state index >= 15 is 0 Å². The molecule has 178 valence electrons. The lowest BCUT2D eigenvalue weighted by atomic mass is 10.1. The molecule has 0 spiro atoms. The second-order valence-electron chi connectivity index (χ2n) is 7.84. The van der Waals surface area contributed by atoms with Crippen LogP contribution in [0.2, 0.25) is 0 Å². The summed E-state index contributed by atoms with van der Waals surface area (Å²) in [4.78, 5) is 16.2. The van der Waals surface area contributed by atoms with Crippen LogP contribution in [0.25, 0.3) is 6.08 Å². The first-order valence-electron chi connectivity index (χ1n) is 9.85. The van der Waals surface area contributed by atoms with E-state index in [1.165, 1.54) is 25.3 Å². The maximum Gasteiger partial charge on any atom is 0.420 e. The zero-order valence-electron chi connectivity index (χ0n) is 18.4. The molecule has 0 aliphatic carbocycles. The summed E-state index contributed by atoms with van der Waals surface area (Å²) in [6, 6.07) is 9.26. The summed E-state index contributed by atoms with van der Waals surface area (Å²) < 4.78 is 51.2. The van der Waals surface area contributed by atoms with E-state index in [4.69, 9.17) is 14.7 Å². The molecular weight excluding hydrogens is 471 g/mol. The molecule has 0 radical (unpaired) electrons. The lowest BCUT2D eigenvalue weighted by Gasteiger charge is -2.18. The predicted octanol–water partition coefficient (Wildman–Crippen LogP) is 5.34. The molecule has 7 nitrogen and oxygen atoms in total. The number of ether oxygens (including phenoxy) is 2. The lowest BCUT2D eigenvalue weighted by molar-refractivity contribution is -0.138. The molecule has 2 N–H and O–H groups in total. The molecule has 1 aliphatic heterocycles. The molecule has 0 atom stereocenters. The van der Waals surface area contributed by atoms with Crippen molar-refractivity contribution in [2.75, 3.05) is 13.7 Å². The van der Waals surface area contributed by atoms with Gasteiger partial charge in [0.2, 0.25) is 0 Å². The van der Waals surface area contributed by atoms with E-state index in [2.05, 4.69) is 10.3 Å². The van der Waals surface area contributed by atoms with Crippen molar-refractivity contribution in [1.82, 2.24) is 5.32 Å². The second-order valence-corrected chi connectivity index (χ2v) is 8.83. The largest absolute Gasteiger partial charge is 0.493 e. The van der Waals surface area contributed by atoms with E-state index < -0.39 is 28.3 Å². The van der Waals surface area contributed by atoms with Gasteiger partial charge in [0.1, 0.15) is 11.6 Å². The molecule has 2 aromatic carbocycles. The van der Waals surface area contributed by atoms with E-state index in [-0.39, 0.29) is 23.6 Å². The van der Waals surface area contributed by atoms with Crippen LogP contribution in [0, 0.1) is 11.3 Å². The maximum absolute atomic E-state index is 13.5. The van der Waals surface area contributed by atoms with E-state index in [0.29, 0.717) is 16.3 Å². The first-order valence-corrected chi connectivity index (χ1v) is 10.7. The van der Waals surface area contributed by atoms with Crippen molar-refractivity contribution in [2.45, 2.75) is 25.6 Å². The number of methoxy groups -OCH3 is 1. The van der Waals surface area contributed by atoms with Gasteiger partial charge in [-0.05, 0) is 67.6 Å². The highest BCUT2D eigenvalue weighted by Gasteiger charge is 2.35. The molecule has 0 saturated carbocycles. The van der Waals surface area contributed by atoms with Gasteiger partial charge in [0.05, 0.1) is 34.8 Å². The molecule has 34 heavy (non-hydrogen) atoms. The van der Waals surface area contributed by atoms with Gasteiger partial charge in [-0.25, -0.2) is 0 Å². The van der Waals surface area contributed by atoms with Crippen molar-refractivity contribution in [1.29, 1.82) is 5.26 Å². The number of thioether (sulfide) groups is 1. The number of nitrogens with zero attached hydrogens (tertiary/aromatic N) is 2. The maximum atomic E-state index is 13.5. The first kappa shape index (κ1) is 25.1. The number of benzene rings is 2. The molecule has 2 aromatic rings. The Morgan fingerprint density at radius 1 is 1.18 bits per heavy atom. The molecule has 0 bridgehead atoms. The summed E-state index contributed by atoms with van der Waals surface area (Å²) in [5, 5.41) is 21.3. The van der Waals surface area contributed by atoms with Crippen LogP contribution in [-0.4, -0.2) is 35.4 Å². The number of carbonyl (C=O) groups is 1. The number of alkyl halides is 3. The van der Waals surface area contributed by atoms with Crippen LogP contribution in [0.4, 0.5) is 18.0 Å². The summed E-state index contributed by atoms with van der Waals surface area (Å²) in [5.74, 6) is 0.0232. The number of aliphatic imine (C=N–C) groups is 1. The second kappa shape index (κ2) is 9.79. The molecule has 0 aromatic heterocycles. The van der Waals surface area contributed by atoms with Gasteiger partial charge in [0.25, 0.3) is 0 Å². The fourth-order valence-electron chi connectivity index (χ4n) is 2.87. The third-order valence-corrected chi connectivity index (χ3v) is 5.24. The number of nitrogens with one attached hydrogen (secondary N) is 1. The molecule has 1 amide bonds. The van der Waals surface area contributed by atoms with Crippen LogP contribution < -0.4 is 14.8 Å². The number of halogens is 3. The van der Waals surface area contributed by atoms with Crippen LogP contribution >= 0.6 is 11.8 Å². The summed E-state index contributed by atoms with van der Waals surface area (Å²) in [5.41, 5.74) is -1.67. The van der Waals surface area contributed by atoms with Crippen molar-refractivity contribution >= 4 is 28.9 Å². The van der Waals surface area contributed by atoms with E-state index in [9.17, 15) is 23.1 Å². The number of hydrogen-bond donors (Lipinski definition) is 2. The normalized spacial score (nSPS) is 15.2. The highest BCUT2D eigenvalue weighted by molar-refractivity contribution is 8.18. The topological polar surface area (TPSA) is 104 Å². The molecule has 0 fully saturated rings. The van der Waals surface area contributed by atoms with E-state index in [1.807, 2.05) is 0 Å². The number of rotatable bonds is 6. The number of amides is 1. The van der Waals surface area contributed by atoms with Crippen molar-refractivity contribution in [3.8, 4) is 23.3 Å². The lowest BCUT2D eigenvalue weighted by Crippen LogP contribution is -2.38. The van der Waals surface area contributed by atoms with Crippen molar-refractivity contribution in [3.63, 3.8) is 0 Å². The monoisotopic (exact) mass is 491 g/mol. The van der Waals surface area contributed by atoms with Crippen LogP contribution in [0.5, 0.6) is 17.2 Å². The zero-order valence-corrected chi connectivity index (χ0v) is 19.2. The van der Waals surface area contributed by atoms with E-state index in [1.54, 1.807) is 32.1 Å². The average molecular weight is 491 g/mol. The SMILES string of the molecule is COc1cc(C=C2SC(=O)N=C2NCC(C)(C)O)ccc1Oc1ccc(C#N)cc1C(F)(F)F. The third kappa shape index (κ3) is 6.30. The highest BCUT2D eigenvalue weighted by atomic mass is 32.2. The number of amidine groups is 1. The van der Waals surface area contributed by atoms with Crippen molar-refractivity contribution < 1.29 is 32.5 Å². The third-order valence-electron chi connectivity index (χ3n) is 4.44. The molecule has 1 heterocycles. The van der Waals surface area contributed by atoms with Gasteiger partial charge in [-0.1, -0.05) is 6.07 Å². The van der Waals surface area contributed by atoms with Crippen LogP contribution in [0.1, 0.15) is 30.5 Å². The van der Waals surface area contributed by atoms with Gasteiger partial charge in [0.15, 0.2) is 11.5 Å². The van der Waals surface area contributed by atoms with Gasteiger partial charge in [-0.3, -0.25) is 4.79 Å². The predicted molar refractivity (Wildman–Crippen MR) is 122 cm³/mol. The van der Waals surface area contributed by atoms with E-state index in [0.717, 1.165) is 23.9 Å². The molecule has 0 saturated heterocycles. The molecule has 3 rings (SSSR count). The van der Waals surface area contributed by atoms with Gasteiger partial charge in [-0.2, -0.15) is 23.4 Å². The number of nitriles is 1. The van der Waals surface area contributed by atoms with Gasteiger partial charge < -0.3 is 19.9 Å². The minimum atomic E-state index is -4.72. The molecular formula is C23H20F3N3O4S. The summed E-state index contributed by atoms with van der Waals surface area (Å²) >= 11 is 0.898. The quantitative estimate of drug-likeness (QED) is 0.562. The highest BCUT2D eigenvalue weighted by Crippen LogP contribution is 2.41. The zero-order chi connectivity index (χ0) is 25.1. The fourth-order valence-corrected chi connectivity index (χ4v) is 3.61. The van der Waals surface area contributed by atoms with Crippen molar-refractivity contribution in [3.05, 3.63) is 58.0 Å². The minimum Gasteiger partial charge on any atom is -0.493 e. The average Bonchev–Trinajstić information content (AvgIpc) is 3.11. The standard InChI is InChI=1S/C23H20F3N3O4S/c1-22(2,31)12-28-20-19(34-21(30)29-20)10-13-4-7-17(18(9-13)32-3)33-16-6-5-14(11-27)8-15(16)23(24,25)26/h4-10,31H,12H2,1-3H3,(H,28,29,30). The number of hydrogen-bond acceptors (Lipinski definition) is 7. The van der Waals surface area contributed by atoms with Crippen LogP contribution in [0.3, 0.4) is 0 Å². The number of carbonyl (C=O) groups excluding carboxylic acids is 1. The Hall–Kier alpha value is -3.49. The van der Waals surface area contributed by atoms with Gasteiger partial charge in [-0.15, -0.1) is 0 Å².